The third-order valence-electron chi connectivity index (χ3n) is 4.09. The fourth-order valence-electron chi connectivity index (χ4n) is 2.67. The molecule has 5 nitrogen and oxygen atoms in total. The van der Waals surface area contributed by atoms with E-state index in [1.54, 1.807) is 13.2 Å². The fourth-order valence-corrected chi connectivity index (χ4v) is 3.61. The minimum absolute atomic E-state index is 0.0692. The number of carbonyl (C=O) groups is 1. The van der Waals surface area contributed by atoms with Crippen molar-refractivity contribution < 1.29 is 9.53 Å². The molecular formula is C21H21N3O2S. The number of carbonyl (C=O) groups excluding carboxylic acids is 1. The van der Waals surface area contributed by atoms with Gasteiger partial charge in [0, 0.05) is 17.7 Å². The van der Waals surface area contributed by atoms with Crippen molar-refractivity contribution in [2.75, 3.05) is 7.11 Å². The summed E-state index contributed by atoms with van der Waals surface area (Å²) < 4.78 is 7.17. The van der Waals surface area contributed by atoms with Crippen LogP contribution in [-0.2, 0) is 6.54 Å². The van der Waals surface area contributed by atoms with Gasteiger partial charge in [0.1, 0.15) is 5.75 Å². The highest BCUT2D eigenvalue weighted by molar-refractivity contribution is 8.00. The van der Waals surface area contributed by atoms with Crippen LogP contribution >= 0.6 is 11.8 Å². The van der Waals surface area contributed by atoms with Crippen molar-refractivity contribution in [3.63, 3.8) is 0 Å². The summed E-state index contributed by atoms with van der Waals surface area (Å²) in [4.78, 5) is 12.7. The normalized spacial score (nSPS) is 11.8. The van der Waals surface area contributed by atoms with Gasteiger partial charge >= 0.3 is 0 Å². The molecule has 6 heteroatoms. The number of nitrogens with zero attached hydrogens (tertiary/aromatic N) is 3. The maximum Gasteiger partial charge on any atom is 0.192 e. The largest absolute Gasteiger partial charge is 0.497 e. The standard InChI is InChI=1S/C21H21N3O2S/c1-4-14-24-20(17-10-12-18(26-3)13-11-17)22-23-21(24)27-15(2)19(25)16-8-6-5-7-9-16/h4-13,15H,1,14H2,2-3H3. The topological polar surface area (TPSA) is 57.0 Å². The third-order valence-corrected chi connectivity index (χ3v) is 5.17. The highest BCUT2D eigenvalue weighted by Crippen LogP contribution is 2.29. The molecule has 0 N–H and O–H groups in total. The van der Waals surface area contributed by atoms with Gasteiger partial charge in [-0.2, -0.15) is 0 Å². The van der Waals surface area contributed by atoms with Gasteiger partial charge in [-0.25, -0.2) is 0 Å². The Labute approximate surface area is 163 Å². The van der Waals surface area contributed by atoms with Crippen molar-refractivity contribution >= 4 is 17.5 Å². The molecule has 1 unspecified atom stereocenters. The number of allylic oxidation sites excluding steroid dienone is 1. The number of rotatable bonds is 8. The molecule has 2 aromatic carbocycles. The number of methoxy groups -OCH3 is 1. The van der Waals surface area contributed by atoms with E-state index in [4.69, 9.17) is 4.74 Å². The van der Waals surface area contributed by atoms with Gasteiger partial charge in [-0.15, -0.1) is 16.8 Å². The number of aromatic nitrogens is 3. The van der Waals surface area contributed by atoms with Crippen LogP contribution in [0.25, 0.3) is 11.4 Å². The van der Waals surface area contributed by atoms with E-state index >= 15 is 0 Å². The van der Waals surface area contributed by atoms with Crippen molar-refractivity contribution in [1.29, 1.82) is 0 Å². The highest BCUT2D eigenvalue weighted by Gasteiger charge is 2.21. The maximum absolute atomic E-state index is 12.7. The Morgan fingerprint density at radius 1 is 1.19 bits per heavy atom. The maximum atomic E-state index is 12.7. The van der Waals surface area contributed by atoms with Gasteiger partial charge in [-0.3, -0.25) is 9.36 Å². The molecule has 0 bridgehead atoms. The van der Waals surface area contributed by atoms with Gasteiger partial charge in [0.25, 0.3) is 0 Å². The molecule has 27 heavy (non-hydrogen) atoms. The van der Waals surface area contributed by atoms with E-state index in [1.165, 1.54) is 11.8 Å². The summed E-state index contributed by atoms with van der Waals surface area (Å²) in [6.07, 6.45) is 1.80. The summed E-state index contributed by atoms with van der Waals surface area (Å²) in [5.41, 5.74) is 1.63. The molecule has 3 rings (SSSR count). The molecule has 3 aromatic rings. The van der Waals surface area contributed by atoms with Crippen molar-refractivity contribution in [3.05, 3.63) is 72.8 Å². The van der Waals surface area contributed by atoms with Crippen LogP contribution in [0.3, 0.4) is 0 Å². The average Bonchev–Trinajstić information content (AvgIpc) is 3.10. The van der Waals surface area contributed by atoms with Gasteiger partial charge in [0.15, 0.2) is 16.8 Å². The first-order valence-electron chi connectivity index (χ1n) is 8.58. The molecule has 138 valence electrons. The molecule has 1 atom stereocenters. The van der Waals surface area contributed by atoms with E-state index in [9.17, 15) is 4.79 Å². The van der Waals surface area contributed by atoms with Gasteiger partial charge in [0.2, 0.25) is 0 Å². The van der Waals surface area contributed by atoms with Crippen LogP contribution in [0.4, 0.5) is 0 Å². The number of ketones is 1. The zero-order valence-electron chi connectivity index (χ0n) is 15.3. The van der Waals surface area contributed by atoms with Gasteiger partial charge in [-0.05, 0) is 31.2 Å². The highest BCUT2D eigenvalue weighted by atomic mass is 32.2. The van der Waals surface area contributed by atoms with Crippen molar-refractivity contribution in [1.82, 2.24) is 14.8 Å². The average molecular weight is 379 g/mol. The summed E-state index contributed by atoms with van der Waals surface area (Å²) in [5.74, 6) is 1.59. The van der Waals surface area contributed by atoms with Crippen LogP contribution in [-0.4, -0.2) is 32.9 Å². The summed E-state index contributed by atoms with van der Waals surface area (Å²) >= 11 is 1.40. The van der Waals surface area contributed by atoms with Crippen LogP contribution in [0.1, 0.15) is 17.3 Å². The van der Waals surface area contributed by atoms with Gasteiger partial charge < -0.3 is 4.74 Å². The Morgan fingerprint density at radius 3 is 2.52 bits per heavy atom. The monoisotopic (exact) mass is 379 g/mol. The molecule has 0 fully saturated rings. The van der Waals surface area contributed by atoms with Crippen LogP contribution in [0, 0.1) is 0 Å². The van der Waals surface area contributed by atoms with E-state index in [0.29, 0.717) is 17.3 Å². The molecule has 0 saturated heterocycles. The molecule has 0 aliphatic rings. The Morgan fingerprint density at radius 2 is 1.89 bits per heavy atom. The zero-order valence-corrected chi connectivity index (χ0v) is 16.1. The first-order chi connectivity index (χ1) is 13.1. The minimum Gasteiger partial charge on any atom is -0.497 e. The van der Waals surface area contributed by atoms with Crippen LogP contribution in [0.5, 0.6) is 5.75 Å². The van der Waals surface area contributed by atoms with Crippen molar-refractivity contribution in [2.24, 2.45) is 0 Å². The molecule has 1 heterocycles. The van der Waals surface area contributed by atoms with Crippen LogP contribution in [0.15, 0.2) is 72.4 Å². The van der Waals surface area contributed by atoms with Crippen LogP contribution in [0.2, 0.25) is 0 Å². The van der Waals surface area contributed by atoms with Gasteiger partial charge in [0.05, 0.1) is 12.4 Å². The predicted octanol–water partition coefficient (Wildman–Crippen LogP) is 4.50. The van der Waals surface area contributed by atoms with Crippen molar-refractivity contribution in [2.45, 2.75) is 23.9 Å². The Balaban J connectivity index is 1.86. The predicted molar refractivity (Wildman–Crippen MR) is 108 cm³/mol. The second-order valence-corrected chi connectivity index (χ2v) is 7.23. The Hall–Kier alpha value is -2.86. The fraction of sp³-hybridized carbons (Fsp3) is 0.190. The van der Waals surface area contributed by atoms with Crippen LogP contribution < -0.4 is 4.74 Å². The smallest absolute Gasteiger partial charge is 0.192 e. The van der Waals surface area contributed by atoms with E-state index in [2.05, 4.69) is 16.8 Å². The summed E-state index contributed by atoms with van der Waals surface area (Å²) in [5, 5.41) is 9.07. The second kappa shape index (κ2) is 8.68. The molecule has 0 aliphatic carbocycles. The first kappa shape index (κ1) is 18.9. The van der Waals surface area contributed by atoms with E-state index in [0.717, 1.165) is 17.1 Å². The summed E-state index contributed by atoms with van der Waals surface area (Å²) in [6, 6.07) is 16.9. The lowest BCUT2D eigenvalue weighted by Gasteiger charge is -2.12. The number of Topliss-reactive ketones (excluding diaryl/α,β-unsaturated/α-hetero) is 1. The van der Waals surface area contributed by atoms with Gasteiger partial charge in [-0.1, -0.05) is 48.2 Å². The van der Waals surface area contributed by atoms with Crippen molar-refractivity contribution in [3.8, 4) is 17.1 Å². The van der Waals surface area contributed by atoms with E-state index in [1.807, 2.05) is 66.1 Å². The Kier molecular flexibility index (Phi) is 6.08. The Bertz CT molecular complexity index is 920. The number of benzene rings is 2. The molecule has 1 aromatic heterocycles. The van der Waals surface area contributed by atoms with E-state index < -0.39 is 0 Å². The SMILES string of the molecule is C=CCn1c(SC(C)C(=O)c2ccccc2)nnc1-c1ccc(OC)cc1. The molecule has 0 radical (unpaired) electrons. The second-order valence-electron chi connectivity index (χ2n) is 5.92. The number of hydrogen-bond acceptors (Lipinski definition) is 5. The third kappa shape index (κ3) is 4.28. The lowest BCUT2D eigenvalue weighted by Crippen LogP contribution is -2.14. The zero-order chi connectivity index (χ0) is 19.2. The molecule has 0 amide bonds. The number of thioether (sulfide) groups is 1. The summed E-state index contributed by atoms with van der Waals surface area (Å²) in [6.45, 7) is 6.28. The number of ether oxygens (including phenoxy) is 1. The first-order valence-corrected chi connectivity index (χ1v) is 9.46. The minimum atomic E-state index is -0.274. The molecular weight excluding hydrogens is 358 g/mol. The molecule has 0 aliphatic heterocycles. The number of hydrogen-bond donors (Lipinski definition) is 0. The molecule has 0 spiro atoms. The summed E-state index contributed by atoms with van der Waals surface area (Å²) in [7, 11) is 1.63. The lowest BCUT2D eigenvalue weighted by molar-refractivity contribution is 0.0994. The van der Waals surface area contributed by atoms with E-state index in [-0.39, 0.29) is 11.0 Å². The molecule has 0 saturated carbocycles. The quantitative estimate of drug-likeness (QED) is 0.328. The lowest BCUT2D eigenvalue weighted by atomic mass is 10.1.